The molecule has 0 heterocycles. The molecule has 4 rings (SSSR count). The molecule has 4 aromatic rings. The molecule has 4 aromatic carbocycles. The van der Waals surface area contributed by atoms with E-state index in [1.165, 1.54) is 42.6 Å². The number of ether oxygens (including phenoxy) is 1. The number of hydrogen-bond acceptors (Lipinski definition) is 4. The van der Waals surface area contributed by atoms with Gasteiger partial charge in [0.15, 0.2) is 0 Å². The van der Waals surface area contributed by atoms with Gasteiger partial charge in [0.1, 0.15) is 18.1 Å². The number of halogens is 4. The zero-order valence-electron chi connectivity index (χ0n) is 18.0. The first-order valence-electron chi connectivity index (χ1n) is 10.4. The third-order valence-corrected chi connectivity index (χ3v) is 5.51. The van der Waals surface area contributed by atoms with Crippen molar-refractivity contribution in [3.05, 3.63) is 106 Å². The highest BCUT2D eigenvalue weighted by molar-refractivity contribution is 6.32. The summed E-state index contributed by atoms with van der Waals surface area (Å²) in [5.74, 6) is -0.240. The topological polar surface area (TPSA) is 70.9 Å². The summed E-state index contributed by atoms with van der Waals surface area (Å²) in [7, 11) is 0. The van der Waals surface area contributed by atoms with Gasteiger partial charge in [0.2, 0.25) is 0 Å². The number of carbonyl (C=O) groups excluding carboxylic acids is 1. The van der Waals surface area contributed by atoms with Gasteiger partial charge in [0.05, 0.1) is 16.8 Å². The van der Waals surface area contributed by atoms with Crippen LogP contribution in [-0.4, -0.2) is 17.2 Å². The number of aromatic hydroxyl groups is 1. The number of benzene rings is 4. The molecule has 0 saturated carbocycles. The molecule has 0 aromatic heterocycles. The number of hydrazone groups is 1. The fourth-order valence-corrected chi connectivity index (χ4v) is 3.67. The minimum absolute atomic E-state index is 0.0340. The molecule has 178 valence electrons. The van der Waals surface area contributed by atoms with Crippen LogP contribution in [0.15, 0.2) is 84.0 Å². The zero-order valence-corrected chi connectivity index (χ0v) is 18.8. The Labute approximate surface area is 203 Å². The summed E-state index contributed by atoms with van der Waals surface area (Å²) in [5.41, 5.74) is 2.57. The van der Waals surface area contributed by atoms with E-state index >= 15 is 0 Å². The smallest absolute Gasteiger partial charge is 0.416 e. The van der Waals surface area contributed by atoms with Crippen LogP contribution in [0.4, 0.5) is 13.2 Å². The lowest BCUT2D eigenvalue weighted by atomic mass is 10.0. The maximum absolute atomic E-state index is 13.3. The molecule has 0 aliphatic rings. The molecule has 9 heteroatoms. The average molecular weight is 499 g/mol. The summed E-state index contributed by atoms with van der Waals surface area (Å²) in [6.45, 7) is -0.252. The number of nitrogens with zero attached hydrogens (tertiary/aromatic N) is 1. The van der Waals surface area contributed by atoms with Crippen LogP contribution in [0.5, 0.6) is 11.5 Å². The molecule has 0 unspecified atom stereocenters. The van der Waals surface area contributed by atoms with E-state index in [-0.39, 0.29) is 28.5 Å². The van der Waals surface area contributed by atoms with Gasteiger partial charge in [-0.05, 0) is 41.8 Å². The fourth-order valence-electron chi connectivity index (χ4n) is 3.48. The van der Waals surface area contributed by atoms with Crippen LogP contribution < -0.4 is 10.2 Å². The second-order valence-corrected chi connectivity index (χ2v) is 7.91. The van der Waals surface area contributed by atoms with Crippen LogP contribution in [0.3, 0.4) is 0 Å². The highest BCUT2D eigenvalue weighted by Gasteiger charge is 2.33. The Balaban J connectivity index is 1.53. The number of amides is 1. The summed E-state index contributed by atoms with van der Waals surface area (Å²) in [6.07, 6.45) is -3.02. The lowest BCUT2D eigenvalue weighted by Gasteiger charge is -2.15. The van der Waals surface area contributed by atoms with Crippen LogP contribution in [0.2, 0.25) is 5.02 Å². The van der Waals surface area contributed by atoms with Crippen molar-refractivity contribution in [2.75, 3.05) is 0 Å². The molecule has 0 atom stereocenters. The Hall–Kier alpha value is -4.04. The van der Waals surface area contributed by atoms with Crippen molar-refractivity contribution in [1.82, 2.24) is 5.43 Å². The van der Waals surface area contributed by atoms with E-state index in [4.69, 9.17) is 16.3 Å². The predicted molar refractivity (Wildman–Crippen MR) is 128 cm³/mol. The van der Waals surface area contributed by atoms with Gasteiger partial charge in [-0.25, -0.2) is 5.43 Å². The van der Waals surface area contributed by atoms with E-state index in [0.29, 0.717) is 16.7 Å². The SMILES string of the molecule is O=C(N/N=C/c1ccc(OCc2ccccc2C(F)(F)F)c2ccccc12)c1ccc(O)c(Cl)c1. The normalized spacial score (nSPS) is 11.7. The molecule has 0 fully saturated rings. The Morgan fingerprint density at radius 1 is 1.00 bits per heavy atom. The maximum Gasteiger partial charge on any atom is 0.416 e. The fraction of sp³-hybridized carbons (Fsp3) is 0.0769. The van der Waals surface area contributed by atoms with Crippen molar-refractivity contribution in [1.29, 1.82) is 0 Å². The molecule has 0 saturated heterocycles. The number of hydrogen-bond donors (Lipinski definition) is 2. The Morgan fingerprint density at radius 3 is 2.46 bits per heavy atom. The quantitative estimate of drug-likeness (QED) is 0.233. The number of fused-ring (bicyclic) bond motifs is 1. The Bertz CT molecular complexity index is 1420. The number of alkyl halides is 3. The van der Waals surface area contributed by atoms with Crippen molar-refractivity contribution in [3.63, 3.8) is 0 Å². The summed E-state index contributed by atoms with van der Waals surface area (Å²) in [5, 5.41) is 14.9. The number of phenols is 1. The minimum Gasteiger partial charge on any atom is -0.506 e. The van der Waals surface area contributed by atoms with Crippen molar-refractivity contribution in [3.8, 4) is 11.5 Å². The largest absolute Gasteiger partial charge is 0.506 e. The van der Waals surface area contributed by atoms with E-state index < -0.39 is 17.6 Å². The van der Waals surface area contributed by atoms with E-state index in [9.17, 15) is 23.1 Å². The highest BCUT2D eigenvalue weighted by atomic mass is 35.5. The van der Waals surface area contributed by atoms with Gasteiger partial charge < -0.3 is 9.84 Å². The predicted octanol–water partition coefficient (Wildman–Crippen LogP) is 6.56. The van der Waals surface area contributed by atoms with E-state index in [1.54, 1.807) is 30.3 Å². The Morgan fingerprint density at radius 2 is 1.71 bits per heavy atom. The van der Waals surface area contributed by atoms with Gasteiger partial charge in [-0.1, -0.05) is 54.1 Å². The summed E-state index contributed by atoms with van der Waals surface area (Å²) in [4.78, 5) is 12.3. The molecule has 0 radical (unpaired) electrons. The minimum atomic E-state index is -4.47. The van der Waals surface area contributed by atoms with Gasteiger partial charge in [0, 0.05) is 22.1 Å². The van der Waals surface area contributed by atoms with E-state index in [0.717, 1.165) is 11.5 Å². The molecule has 35 heavy (non-hydrogen) atoms. The summed E-state index contributed by atoms with van der Waals surface area (Å²) >= 11 is 5.83. The van der Waals surface area contributed by atoms with Crippen molar-refractivity contribution < 1.29 is 27.8 Å². The number of nitrogens with one attached hydrogen (secondary N) is 1. The van der Waals surface area contributed by atoms with Crippen LogP contribution in [0, 0.1) is 0 Å². The first kappa shape index (κ1) is 24.1. The van der Waals surface area contributed by atoms with Gasteiger partial charge in [-0.3, -0.25) is 4.79 Å². The van der Waals surface area contributed by atoms with Gasteiger partial charge >= 0.3 is 6.18 Å². The average Bonchev–Trinajstić information content (AvgIpc) is 2.84. The van der Waals surface area contributed by atoms with Crippen molar-refractivity contribution in [2.45, 2.75) is 12.8 Å². The zero-order chi connectivity index (χ0) is 25.0. The molecule has 0 aliphatic heterocycles. The molecule has 0 spiro atoms. The third-order valence-electron chi connectivity index (χ3n) is 5.20. The van der Waals surface area contributed by atoms with Gasteiger partial charge in [-0.2, -0.15) is 18.3 Å². The molecule has 5 nitrogen and oxygen atoms in total. The second kappa shape index (κ2) is 10.1. The van der Waals surface area contributed by atoms with Crippen molar-refractivity contribution in [2.24, 2.45) is 5.10 Å². The highest BCUT2D eigenvalue weighted by Crippen LogP contribution is 2.33. The Kier molecular flexibility index (Phi) is 6.93. The number of phenolic OH excluding ortho intramolecular Hbond substituents is 1. The van der Waals surface area contributed by atoms with Crippen LogP contribution in [-0.2, 0) is 12.8 Å². The first-order chi connectivity index (χ1) is 16.7. The van der Waals surface area contributed by atoms with E-state index in [2.05, 4.69) is 10.5 Å². The first-order valence-corrected chi connectivity index (χ1v) is 10.7. The molecule has 0 aliphatic carbocycles. The van der Waals surface area contributed by atoms with Crippen LogP contribution >= 0.6 is 11.6 Å². The molecular formula is C26H18ClF3N2O3. The second-order valence-electron chi connectivity index (χ2n) is 7.51. The monoisotopic (exact) mass is 498 g/mol. The van der Waals surface area contributed by atoms with Gasteiger partial charge in [0.25, 0.3) is 5.91 Å². The molecule has 2 N–H and O–H groups in total. The number of carbonyl (C=O) groups is 1. The lowest BCUT2D eigenvalue weighted by molar-refractivity contribution is -0.138. The summed E-state index contributed by atoms with van der Waals surface area (Å²) in [6, 6.07) is 19.8. The molecular weight excluding hydrogens is 481 g/mol. The molecule has 1 amide bonds. The molecule has 0 bridgehead atoms. The van der Waals surface area contributed by atoms with Crippen molar-refractivity contribution >= 4 is 34.5 Å². The van der Waals surface area contributed by atoms with Gasteiger partial charge in [-0.15, -0.1) is 0 Å². The van der Waals surface area contributed by atoms with Crippen LogP contribution in [0.25, 0.3) is 10.8 Å². The summed E-state index contributed by atoms with van der Waals surface area (Å²) < 4.78 is 45.6. The maximum atomic E-state index is 13.3. The standard InChI is InChI=1S/C26H18ClF3N2O3/c27-22-13-16(9-11-23(22)33)25(34)32-31-14-17-10-12-24(20-7-3-2-6-19(17)20)35-15-18-5-1-4-8-21(18)26(28,29)30/h1-14,33H,15H2,(H,32,34)/b31-14+. The van der Waals surface area contributed by atoms with Crippen LogP contribution in [0.1, 0.15) is 27.0 Å². The van der Waals surface area contributed by atoms with E-state index in [1.807, 2.05) is 6.07 Å². The third kappa shape index (κ3) is 5.55. The lowest BCUT2D eigenvalue weighted by Crippen LogP contribution is -2.17. The number of rotatable bonds is 6.